The first-order valence-electron chi connectivity index (χ1n) is 10.3. The number of methoxy groups -OCH3 is 1. The topological polar surface area (TPSA) is 75.9 Å². The summed E-state index contributed by atoms with van der Waals surface area (Å²) in [5.74, 6) is 1.98. The average Bonchev–Trinajstić information content (AvgIpc) is 3.17. The number of alkyl halides is 3. The minimum absolute atomic E-state index is 0.0118. The van der Waals surface area contributed by atoms with Gasteiger partial charge in [0.05, 0.1) is 34.9 Å². The quantitative estimate of drug-likeness (QED) is 0.244. The Morgan fingerprint density at radius 1 is 1.12 bits per heavy atom. The highest BCUT2D eigenvalue weighted by atomic mass is 32.2. The molecule has 0 aliphatic carbocycles. The minimum atomic E-state index is -4.58. The zero-order valence-electron chi connectivity index (χ0n) is 18.6. The Labute approximate surface area is 201 Å². The van der Waals surface area contributed by atoms with Crippen LogP contribution >= 0.6 is 11.8 Å². The molecule has 34 heavy (non-hydrogen) atoms. The van der Waals surface area contributed by atoms with Crippen LogP contribution in [0.25, 0.3) is 22.6 Å². The molecule has 0 bridgehead atoms. The van der Waals surface area contributed by atoms with E-state index in [0.717, 1.165) is 28.6 Å². The lowest BCUT2D eigenvalue weighted by Gasteiger charge is -2.14. The van der Waals surface area contributed by atoms with Crippen molar-refractivity contribution in [2.24, 2.45) is 7.05 Å². The maximum Gasteiger partial charge on any atom is 0.418 e. The van der Waals surface area contributed by atoms with E-state index in [-0.39, 0.29) is 16.3 Å². The number of halogens is 3. The van der Waals surface area contributed by atoms with Gasteiger partial charge in [-0.1, -0.05) is 12.1 Å². The molecule has 0 aliphatic rings. The highest BCUT2D eigenvalue weighted by Gasteiger charge is 2.34. The van der Waals surface area contributed by atoms with Gasteiger partial charge < -0.3 is 13.9 Å². The summed E-state index contributed by atoms with van der Waals surface area (Å²) in [4.78, 5) is 13.1. The van der Waals surface area contributed by atoms with E-state index in [1.807, 2.05) is 30.3 Å². The molecule has 0 radical (unpaired) electrons. The van der Waals surface area contributed by atoms with E-state index in [2.05, 4.69) is 15.0 Å². The predicted octanol–water partition coefficient (Wildman–Crippen LogP) is 5.48. The molecule has 4 aromatic rings. The van der Waals surface area contributed by atoms with Crippen molar-refractivity contribution in [2.45, 2.75) is 28.8 Å². The highest BCUT2D eigenvalue weighted by Crippen LogP contribution is 2.35. The lowest BCUT2D eigenvalue weighted by atomic mass is 10.2. The lowest BCUT2D eigenvalue weighted by Crippen LogP contribution is -2.13. The zero-order valence-corrected chi connectivity index (χ0v) is 20.2. The summed E-state index contributed by atoms with van der Waals surface area (Å²) in [6.07, 6.45) is -2.16. The van der Waals surface area contributed by atoms with Gasteiger partial charge in [-0.2, -0.15) is 13.2 Å². The number of pyridine rings is 2. The molecule has 6 nitrogen and oxygen atoms in total. The van der Waals surface area contributed by atoms with Gasteiger partial charge in [-0.25, -0.2) is 15.0 Å². The first-order chi connectivity index (χ1) is 16.2. The third kappa shape index (κ3) is 5.01. The van der Waals surface area contributed by atoms with Crippen LogP contribution < -0.4 is 4.74 Å². The van der Waals surface area contributed by atoms with E-state index in [9.17, 15) is 17.7 Å². The van der Waals surface area contributed by atoms with Crippen molar-refractivity contribution in [2.75, 3.05) is 12.9 Å². The molecule has 0 spiro atoms. The smallest absolute Gasteiger partial charge is 0.418 e. The average molecular weight is 507 g/mol. The van der Waals surface area contributed by atoms with E-state index in [1.165, 1.54) is 11.8 Å². The summed E-state index contributed by atoms with van der Waals surface area (Å²) in [6, 6.07) is 10.5. The molecule has 0 saturated heterocycles. The van der Waals surface area contributed by atoms with Crippen molar-refractivity contribution >= 4 is 34.0 Å². The predicted molar refractivity (Wildman–Crippen MR) is 126 cm³/mol. The number of fused-ring (bicyclic) bond motifs is 1. The van der Waals surface area contributed by atoms with Crippen molar-refractivity contribution in [3.05, 3.63) is 59.9 Å². The van der Waals surface area contributed by atoms with E-state index in [0.29, 0.717) is 22.6 Å². The number of imidazole rings is 1. The molecule has 1 unspecified atom stereocenters. The first-order valence-corrected chi connectivity index (χ1v) is 12.6. The fourth-order valence-electron chi connectivity index (χ4n) is 3.34. The summed E-state index contributed by atoms with van der Waals surface area (Å²) >= 11 is -0.114. The van der Waals surface area contributed by atoms with Crippen molar-refractivity contribution in [3.8, 4) is 17.3 Å². The SMILES string of the molecule is CC[S+]([O-])c1cc(C(F)(F)F)cnc1-c1nc2cc(SCc3ccc(OC)cc3)ncc2n1C. The molecule has 0 amide bonds. The Bertz CT molecular complexity index is 1310. The number of rotatable bonds is 7. The molecule has 3 aromatic heterocycles. The van der Waals surface area contributed by atoms with Gasteiger partial charge in [0.25, 0.3) is 0 Å². The van der Waals surface area contributed by atoms with Crippen LogP contribution in [0, 0.1) is 0 Å². The maximum absolute atomic E-state index is 13.2. The molecule has 0 fully saturated rings. The molecule has 3 heterocycles. The highest BCUT2D eigenvalue weighted by molar-refractivity contribution is 7.98. The van der Waals surface area contributed by atoms with Gasteiger partial charge in [-0.15, -0.1) is 11.8 Å². The van der Waals surface area contributed by atoms with Crippen LogP contribution in [-0.2, 0) is 30.2 Å². The number of thioether (sulfide) groups is 1. The molecule has 1 atom stereocenters. The Hall–Kier alpha value is -2.76. The van der Waals surface area contributed by atoms with Gasteiger partial charge in [0.2, 0.25) is 0 Å². The summed E-state index contributed by atoms with van der Waals surface area (Å²) in [5, 5.41) is 0.755. The summed E-state index contributed by atoms with van der Waals surface area (Å²) < 4.78 is 59.1. The summed E-state index contributed by atoms with van der Waals surface area (Å²) in [6.45, 7) is 1.64. The molecule has 0 aliphatic heterocycles. The second kappa shape index (κ2) is 9.85. The van der Waals surface area contributed by atoms with Crippen molar-refractivity contribution in [1.82, 2.24) is 19.5 Å². The Morgan fingerprint density at radius 3 is 2.50 bits per heavy atom. The number of nitrogens with zero attached hydrogens (tertiary/aromatic N) is 4. The van der Waals surface area contributed by atoms with Gasteiger partial charge >= 0.3 is 6.18 Å². The van der Waals surface area contributed by atoms with Crippen LogP contribution in [0.4, 0.5) is 13.2 Å². The molecule has 0 N–H and O–H groups in total. The summed E-state index contributed by atoms with van der Waals surface area (Å²) in [7, 11) is 3.35. The molecular formula is C23H21F3N4O2S2. The van der Waals surface area contributed by atoms with E-state index < -0.39 is 22.9 Å². The van der Waals surface area contributed by atoms with Gasteiger partial charge in [-0.05, 0) is 41.9 Å². The normalized spacial score (nSPS) is 12.8. The van der Waals surface area contributed by atoms with Gasteiger partial charge in [0, 0.05) is 25.1 Å². The summed E-state index contributed by atoms with van der Waals surface area (Å²) in [5.41, 5.74) is 1.65. The zero-order chi connectivity index (χ0) is 24.5. The van der Waals surface area contributed by atoms with Gasteiger partial charge in [0.1, 0.15) is 11.5 Å². The second-order valence-corrected chi connectivity index (χ2v) is 10.0. The Balaban J connectivity index is 1.67. The third-order valence-electron chi connectivity index (χ3n) is 5.19. The number of aryl methyl sites for hydroxylation is 1. The number of benzene rings is 1. The molecule has 11 heteroatoms. The van der Waals surface area contributed by atoms with Crippen LogP contribution in [-0.4, -0.2) is 36.9 Å². The molecule has 4 rings (SSSR count). The van der Waals surface area contributed by atoms with E-state index >= 15 is 0 Å². The van der Waals surface area contributed by atoms with Crippen LogP contribution in [0.5, 0.6) is 5.75 Å². The van der Waals surface area contributed by atoms with Crippen molar-refractivity contribution < 1.29 is 22.5 Å². The largest absolute Gasteiger partial charge is 0.611 e. The fourth-order valence-corrected chi connectivity index (χ4v) is 5.09. The van der Waals surface area contributed by atoms with Gasteiger partial charge in [0.15, 0.2) is 16.4 Å². The van der Waals surface area contributed by atoms with Crippen molar-refractivity contribution in [1.29, 1.82) is 0 Å². The number of hydrogen-bond acceptors (Lipinski definition) is 6. The monoisotopic (exact) mass is 506 g/mol. The molecule has 178 valence electrons. The first kappa shape index (κ1) is 24.4. The van der Waals surface area contributed by atoms with Crippen LogP contribution in [0.3, 0.4) is 0 Å². The van der Waals surface area contributed by atoms with E-state index in [4.69, 9.17) is 4.74 Å². The molecular weight excluding hydrogens is 485 g/mol. The molecule has 1 aromatic carbocycles. The minimum Gasteiger partial charge on any atom is -0.611 e. The Morgan fingerprint density at radius 2 is 1.85 bits per heavy atom. The number of aromatic nitrogens is 4. The van der Waals surface area contributed by atoms with Crippen molar-refractivity contribution in [3.63, 3.8) is 0 Å². The number of hydrogen-bond donors (Lipinski definition) is 0. The van der Waals surface area contributed by atoms with Crippen LogP contribution in [0.1, 0.15) is 18.1 Å². The van der Waals surface area contributed by atoms with Crippen LogP contribution in [0.15, 0.2) is 58.7 Å². The maximum atomic E-state index is 13.2. The van der Waals surface area contributed by atoms with E-state index in [1.54, 1.807) is 31.8 Å². The third-order valence-corrected chi connectivity index (χ3v) is 7.51. The fraction of sp³-hybridized carbons (Fsp3) is 0.261. The second-order valence-electron chi connectivity index (χ2n) is 7.35. The Kier molecular flexibility index (Phi) is 7.06. The van der Waals surface area contributed by atoms with Crippen LogP contribution in [0.2, 0.25) is 0 Å². The van der Waals surface area contributed by atoms with Gasteiger partial charge in [-0.3, -0.25) is 0 Å². The number of ether oxygens (including phenoxy) is 1. The lowest BCUT2D eigenvalue weighted by molar-refractivity contribution is -0.138. The molecule has 0 saturated carbocycles. The standard InChI is InChI=1S/C23H21F3N4O2S2/c1-4-34(31)19-9-15(23(24,25)26)11-28-21(19)22-29-17-10-20(27-12-18(17)30(22)2)33-13-14-5-7-16(32-3)8-6-14/h5-12H,4,13H2,1-3H3.